The van der Waals surface area contributed by atoms with Gasteiger partial charge in [0.1, 0.15) is 6.33 Å². The summed E-state index contributed by atoms with van der Waals surface area (Å²) < 4.78 is 0. The highest BCUT2D eigenvalue weighted by Crippen LogP contribution is 2.29. The lowest BCUT2D eigenvalue weighted by atomic mass is 10.4. The fraction of sp³-hybridized carbons (Fsp3) is 0.667. The number of hydrogen-bond acceptors (Lipinski definition) is 8. The molecule has 116 valence electrons. The number of rotatable bonds is 6. The van der Waals surface area contributed by atoms with E-state index in [1.54, 1.807) is 0 Å². The van der Waals surface area contributed by atoms with Crippen LogP contribution in [0.3, 0.4) is 0 Å². The number of likely N-dealkylation sites (N-methyl/N-ethyl adjacent to an activating group) is 1. The summed E-state index contributed by atoms with van der Waals surface area (Å²) in [7, 11) is 2.05. The molecule has 0 aliphatic carbocycles. The van der Waals surface area contributed by atoms with E-state index in [1.165, 1.54) is 6.33 Å². The highest BCUT2D eigenvalue weighted by Gasteiger charge is 2.25. The minimum atomic E-state index is -0.448. The summed E-state index contributed by atoms with van der Waals surface area (Å²) in [5, 5.41) is 16.2. The van der Waals surface area contributed by atoms with Gasteiger partial charge in [0.05, 0.1) is 4.92 Å². The fourth-order valence-electron chi connectivity index (χ4n) is 2.07. The Balaban J connectivity index is 2.16. The van der Waals surface area contributed by atoms with E-state index in [4.69, 9.17) is 0 Å². The molecule has 0 amide bonds. The van der Waals surface area contributed by atoms with Crippen LogP contribution in [0.2, 0.25) is 0 Å². The van der Waals surface area contributed by atoms with Crippen molar-refractivity contribution in [2.45, 2.75) is 13.3 Å². The highest BCUT2D eigenvalue weighted by molar-refractivity contribution is 5.68. The number of aromatic nitrogens is 2. The van der Waals surface area contributed by atoms with Crippen molar-refractivity contribution in [3.8, 4) is 0 Å². The quantitative estimate of drug-likeness (QED) is 0.587. The zero-order valence-electron chi connectivity index (χ0n) is 12.4. The van der Waals surface area contributed by atoms with Crippen LogP contribution in [0.15, 0.2) is 6.33 Å². The molecular formula is C12H21N7O2. The summed E-state index contributed by atoms with van der Waals surface area (Å²) in [5.74, 6) is 0.492. The molecule has 0 atom stereocenters. The van der Waals surface area contributed by atoms with Crippen LogP contribution in [0.5, 0.6) is 0 Å². The first-order valence-electron chi connectivity index (χ1n) is 7.05. The second-order valence-corrected chi connectivity index (χ2v) is 5.01. The number of piperazine rings is 1. The van der Waals surface area contributed by atoms with Gasteiger partial charge in [0, 0.05) is 32.7 Å². The van der Waals surface area contributed by atoms with Crippen LogP contribution in [0.25, 0.3) is 0 Å². The van der Waals surface area contributed by atoms with Crippen molar-refractivity contribution < 1.29 is 4.92 Å². The normalized spacial score (nSPS) is 16.7. The molecule has 9 heteroatoms. The zero-order valence-corrected chi connectivity index (χ0v) is 12.4. The van der Waals surface area contributed by atoms with Gasteiger partial charge in [-0.05, 0) is 13.5 Å². The molecule has 1 aliphatic rings. The van der Waals surface area contributed by atoms with Gasteiger partial charge in [0.25, 0.3) is 0 Å². The summed E-state index contributed by atoms with van der Waals surface area (Å²) in [5.41, 5.74) is 2.94. The number of hydrazine groups is 1. The second-order valence-electron chi connectivity index (χ2n) is 5.01. The van der Waals surface area contributed by atoms with Crippen LogP contribution >= 0.6 is 0 Å². The molecule has 0 spiro atoms. The average molecular weight is 295 g/mol. The van der Waals surface area contributed by atoms with Crippen molar-refractivity contribution in [2.75, 3.05) is 50.5 Å². The maximum absolute atomic E-state index is 11.3. The van der Waals surface area contributed by atoms with E-state index in [-0.39, 0.29) is 17.3 Å². The molecule has 1 aromatic rings. The Kier molecular flexibility index (Phi) is 5.23. The molecule has 0 bridgehead atoms. The Morgan fingerprint density at radius 3 is 2.57 bits per heavy atom. The minimum absolute atomic E-state index is 0.107. The van der Waals surface area contributed by atoms with E-state index in [2.05, 4.69) is 32.7 Å². The third kappa shape index (κ3) is 3.99. The maximum Gasteiger partial charge on any atom is 0.354 e. The lowest BCUT2D eigenvalue weighted by molar-refractivity contribution is -0.383. The molecule has 0 saturated carbocycles. The van der Waals surface area contributed by atoms with Gasteiger partial charge in [0.15, 0.2) is 0 Å². The molecular weight excluding hydrogens is 274 g/mol. The molecule has 1 aliphatic heterocycles. The monoisotopic (exact) mass is 295 g/mol. The molecule has 1 aromatic heterocycles. The summed E-state index contributed by atoms with van der Waals surface area (Å²) in [6.45, 7) is 6.01. The SMILES string of the molecule is CCCNc1ncnc(NN2CCN(C)CC2)c1[N+](=O)[O-]. The van der Waals surface area contributed by atoms with E-state index in [9.17, 15) is 10.1 Å². The van der Waals surface area contributed by atoms with Crippen LogP contribution in [-0.2, 0) is 0 Å². The predicted molar refractivity (Wildman–Crippen MR) is 80.2 cm³/mol. The fourth-order valence-corrected chi connectivity index (χ4v) is 2.07. The first-order valence-corrected chi connectivity index (χ1v) is 7.05. The first-order chi connectivity index (χ1) is 10.1. The van der Waals surface area contributed by atoms with Crippen LogP contribution in [0.4, 0.5) is 17.3 Å². The van der Waals surface area contributed by atoms with E-state index >= 15 is 0 Å². The molecule has 1 fully saturated rings. The number of nitro groups is 1. The van der Waals surface area contributed by atoms with Gasteiger partial charge < -0.3 is 10.2 Å². The maximum atomic E-state index is 11.3. The molecule has 2 rings (SSSR count). The lowest BCUT2D eigenvalue weighted by Gasteiger charge is -2.32. The summed E-state index contributed by atoms with van der Waals surface area (Å²) in [6, 6.07) is 0. The van der Waals surface area contributed by atoms with Gasteiger partial charge in [-0.15, -0.1) is 0 Å². The van der Waals surface area contributed by atoms with Crippen LogP contribution in [0.1, 0.15) is 13.3 Å². The topological polar surface area (TPSA) is 99.5 Å². The second kappa shape index (κ2) is 7.14. The molecule has 21 heavy (non-hydrogen) atoms. The Labute approximate surface area is 123 Å². The highest BCUT2D eigenvalue weighted by atomic mass is 16.6. The van der Waals surface area contributed by atoms with Gasteiger partial charge in [-0.25, -0.2) is 15.0 Å². The zero-order chi connectivity index (χ0) is 15.2. The van der Waals surface area contributed by atoms with Crippen molar-refractivity contribution in [3.05, 3.63) is 16.4 Å². The molecule has 9 nitrogen and oxygen atoms in total. The van der Waals surface area contributed by atoms with E-state index in [1.807, 2.05) is 11.9 Å². The van der Waals surface area contributed by atoms with Crippen LogP contribution in [0, 0.1) is 10.1 Å². The van der Waals surface area contributed by atoms with Crippen molar-refractivity contribution in [3.63, 3.8) is 0 Å². The van der Waals surface area contributed by atoms with Crippen molar-refractivity contribution >= 4 is 17.3 Å². The number of hydrogen-bond donors (Lipinski definition) is 2. The van der Waals surface area contributed by atoms with Crippen LogP contribution < -0.4 is 10.7 Å². The van der Waals surface area contributed by atoms with Gasteiger partial charge in [-0.2, -0.15) is 0 Å². The van der Waals surface area contributed by atoms with Gasteiger partial charge >= 0.3 is 5.69 Å². The van der Waals surface area contributed by atoms with Gasteiger partial charge in [0.2, 0.25) is 11.6 Å². The van der Waals surface area contributed by atoms with Crippen LogP contribution in [-0.4, -0.2) is 64.6 Å². The summed E-state index contributed by atoms with van der Waals surface area (Å²) in [6.07, 6.45) is 2.20. The van der Waals surface area contributed by atoms with E-state index in [0.717, 1.165) is 32.6 Å². The first kappa shape index (κ1) is 15.4. The third-order valence-electron chi connectivity index (χ3n) is 3.31. The molecule has 0 unspecified atom stereocenters. The van der Waals surface area contributed by atoms with E-state index in [0.29, 0.717) is 6.54 Å². The molecule has 2 N–H and O–H groups in total. The Morgan fingerprint density at radius 1 is 1.29 bits per heavy atom. The Morgan fingerprint density at radius 2 is 1.95 bits per heavy atom. The molecule has 1 saturated heterocycles. The number of nitrogens with zero attached hydrogens (tertiary/aromatic N) is 5. The summed E-state index contributed by atoms with van der Waals surface area (Å²) >= 11 is 0. The molecule has 0 aromatic carbocycles. The standard InChI is InChI=1S/C12H21N7O2/c1-3-4-13-11-10(19(20)21)12(15-9-14-11)16-18-7-5-17(2)6-8-18/h9H,3-8H2,1-2H3,(H2,13,14,15,16). The average Bonchev–Trinajstić information content (AvgIpc) is 2.47. The van der Waals surface area contributed by atoms with Crippen molar-refractivity contribution in [1.29, 1.82) is 0 Å². The summed E-state index contributed by atoms with van der Waals surface area (Å²) in [4.78, 5) is 21.1. The Bertz CT molecular complexity index is 488. The van der Waals surface area contributed by atoms with Gasteiger partial charge in [-0.3, -0.25) is 15.5 Å². The molecule has 0 radical (unpaired) electrons. The largest absolute Gasteiger partial charge is 0.364 e. The third-order valence-corrected chi connectivity index (χ3v) is 3.31. The number of anilines is 2. The molecule has 2 heterocycles. The van der Waals surface area contributed by atoms with Gasteiger partial charge in [-0.1, -0.05) is 6.92 Å². The smallest absolute Gasteiger partial charge is 0.354 e. The van der Waals surface area contributed by atoms with Crippen molar-refractivity contribution in [2.24, 2.45) is 0 Å². The van der Waals surface area contributed by atoms with E-state index < -0.39 is 4.92 Å². The predicted octanol–water partition coefficient (Wildman–Crippen LogP) is 0.781. The lowest BCUT2D eigenvalue weighted by Crippen LogP contribution is -2.47. The minimum Gasteiger partial charge on any atom is -0.364 e. The van der Waals surface area contributed by atoms with Crippen molar-refractivity contribution in [1.82, 2.24) is 19.9 Å². The Hall–Kier alpha value is -2.00. The number of nitrogens with one attached hydrogen (secondary N) is 2.